The Kier molecular flexibility index (Phi) is 5.33. The summed E-state index contributed by atoms with van der Waals surface area (Å²) >= 11 is 0. The molecule has 18 heavy (non-hydrogen) atoms. The minimum atomic E-state index is -0.398. The van der Waals surface area contributed by atoms with Gasteiger partial charge in [0.1, 0.15) is 13.1 Å². The first kappa shape index (κ1) is 15.2. The van der Waals surface area contributed by atoms with E-state index in [9.17, 15) is 0 Å². The monoisotopic (exact) mass is 278 g/mol. The van der Waals surface area contributed by atoms with Gasteiger partial charge in [0, 0.05) is 7.11 Å². The van der Waals surface area contributed by atoms with Gasteiger partial charge in [-0.3, -0.25) is 0 Å². The van der Waals surface area contributed by atoms with E-state index in [2.05, 4.69) is 17.0 Å². The van der Waals surface area contributed by atoms with E-state index in [0.29, 0.717) is 10.6 Å². The Labute approximate surface area is 113 Å². The van der Waals surface area contributed by atoms with Crippen molar-refractivity contribution < 1.29 is 31.2 Å². The molecule has 2 aliphatic heterocycles. The molecule has 7 nitrogen and oxygen atoms in total. The number of morpholine rings is 1. The van der Waals surface area contributed by atoms with Crippen LogP contribution in [0.1, 0.15) is 0 Å². The molecule has 0 aliphatic carbocycles. The highest BCUT2D eigenvalue weighted by molar-refractivity contribution is 5.84. The summed E-state index contributed by atoms with van der Waals surface area (Å²) in [6.45, 7) is 3.23. The van der Waals surface area contributed by atoms with Crippen molar-refractivity contribution in [1.82, 2.24) is 5.01 Å². The first-order chi connectivity index (χ1) is 8.19. The highest BCUT2D eigenvalue weighted by Gasteiger charge is 2.38. The van der Waals surface area contributed by atoms with E-state index in [4.69, 9.17) is 14.2 Å². The van der Waals surface area contributed by atoms with Gasteiger partial charge in [0.2, 0.25) is 0 Å². The third-order valence-corrected chi connectivity index (χ3v) is 3.12. The van der Waals surface area contributed by atoms with Gasteiger partial charge in [-0.2, -0.15) is 15.0 Å². The third-order valence-electron chi connectivity index (χ3n) is 3.12. The Hall–Kier alpha value is -0.890. The van der Waals surface area contributed by atoms with E-state index < -0.39 is 6.35 Å². The van der Waals surface area contributed by atoms with Crippen LogP contribution in [0.2, 0.25) is 0 Å². The number of likely N-dealkylation sites (N-methyl/N-ethyl adjacent to an activating group) is 1. The molecule has 2 rings (SSSR count). The maximum atomic E-state index is 5.38. The van der Waals surface area contributed by atoms with Crippen molar-refractivity contribution in [1.29, 1.82) is 0 Å². The molecule has 8 heteroatoms. The number of quaternary nitrogens is 1. The van der Waals surface area contributed by atoms with Crippen LogP contribution in [0.3, 0.4) is 0 Å². The van der Waals surface area contributed by atoms with Gasteiger partial charge in [0.25, 0.3) is 6.35 Å². The zero-order valence-electron chi connectivity index (χ0n) is 10.9. The maximum absolute atomic E-state index is 5.38. The van der Waals surface area contributed by atoms with Crippen LogP contribution in [0.25, 0.3) is 0 Å². The maximum Gasteiger partial charge on any atom is 0.317 e. The molecule has 0 N–H and O–H groups in total. The van der Waals surface area contributed by atoms with E-state index in [-0.39, 0.29) is 12.4 Å². The highest BCUT2D eigenvalue weighted by Crippen LogP contribution is 2.18. The zero-order chi connectivity index (χ0) is 12.3. The largest absolute Gasteiger partial charge is 1.00 e. The molecule has 0 aromatic heterocycles. The molecule has 0 radical (unpaired) electrons. The van der Waals surface area contributed by atoms with Gasteiger partial charge in [-0.1, -0.05) is 0 Å². The predicted octanol–water partition coefficient (Wildman–Crippen LogP) is -3.34. The quantitative estimate of drug-likeness (QED) is 0.496. The van der Waals surface area contributed by atoms with Crippen molar-refractivity contribution in [2.75, 3.05) is 47.6 Å². The summed E-state index contributed by atoms with van der Waals surface area (Å²) in [7, 11) is 5.29. The van der Waals surface area contributed by atoms with Gasteiger partial charge in [-0.15, -0.1) is 0 Å². The van der Waals surface area contributed by atoms with Crippen molar-refractivity contribution in [3.05, 3.63) is 0 Å². The number of aliphatic imine (C=N–C) groups is 2. The second-order valence-corrected chi connectivity index (χ2v) is 4.20. The van der Waals surface area contributed by atoms with E-state index in [1.165, 1.54) is 0 Å². The molecule has 1 saturated heterocycles. The van der Waals surface area contributed by atoms with Crippen LogP contribution < -0.4 is 12.4 Å². The number of rotatable bonds is 2. The van der Waals surface area contributed by atoms with Crippen LogP contribution in [0.4, 0.5) is 0 Å². The van der Waals surface area contributed by atoms with Gasteiger partial charge < -0.3 is 26.6 Å². The molecule has 0 aromatic rings. The molecule has 2 aliphatic rings. The van der Waals surface area contributed by atoms with Crippen LogP contribution in [0, 0.1) is 0 Å². The summed E-state index contributed by atoms with van der Waals surface area (Å²) in [5.74, 6) is 0. The first-order valence-corrected chi connectivity index (χ1v) is 5.59. The molecule has 0 amide bonds. The zero-order valence-corrected chi connectivity index (χ0v) is 11.6. The topological polar surface area (TPSA) is 55.7 Å². The Morgan fingerprint density at radius 1 is 1.39 bits per heavy atom. The number of methoxy groups -OCH3 is 2. The van der Waals surface area contributed by atoms with Crippen molar-refractivity contribution in [2.45, 2.75) is 6.35 Å². The average molecular weight is 279 g/mol. The lowest BCUT2D eigenvalue weighted by molar-refractivity contribution is -1.02. The first-order valence-electron chi connectivity index (χ1n) is 5.59. The molecule has 2 heterocycles. The summed E-state index contributed by atoms with van der Waals surface area (Å²) in [5, 5.41) is 1.98. The molecular weight excluding hydrogens is 260 g/mol. The fourth-order valence-electron chi connectivity index (χ4n) is 1.95. The van der Waals surface area contributed by atoms with E-state index >= 15 is 0 Å². The fourth-order valence-corrected chi connectivity index (χ4v) is 1.95. The molecule has 1 fully saturated rings. The molecule has 104 valence electrons. The second kappa shape index (κ2) is 6.33. The number of ether oxygens (including phenoxy) is 3. The normalized spacial score (nSPS) is 26.3. The third kappa shape index (κ3) is 2.92. The number of nitrogens with zero attached hydrogens (tertiary/aromatic N) is 4. The van der Waals surface area contributed by atoms with Crippen molar-refractivity contribution in [3.8, 4) is 0 Å². The van der Waals surface area contributed by atoms with Crippen LogP contribution in [-0.4, -0.2) is 75.9 Å². The number of hydrogen-bond acceptors (Lipinski definition) is 6. The average Bonchev–Trinajstić information content (AvgIpc) is 2.38. The summed E-state index contributed by atoms with van der Waals surface area (Å²) in [6.07, 6.45) is 1.33. The van der Waals surface area contributed by atoms with Crippen molar-refractivity contribution in [2.24, 2.45) is 9.98 Å². The van der Waals surface area contributed by atoms with E-state index in [1.54, 1.807) is 20.6 Å². The highest BCUT2D eigenvalue weighted by atomic mass is 35.5. The molecule has 0 spiro atoms. The van der Waals surface area contributed by atoms with Gasteiger partial charge in [-0.05, 0) is 0 Å². The molecule has 1 atom stereocenters. The van der Waals surface area contributed by atoms with Gasteiger partial charge >= 0.3 is 6.02 Å². The van der Waals surface area contributed by atoms with Crippen LogP contribution in [-0.2, 0) is 14.2 Å². The minimum Gasteiger partial charge on any atom is -1.00 e. The lowest BCUT2D eigenvalue weighted by Crippen LogP contribution is -3.00. The summed E-state index contributed by atoms with van der Waals surface area (Å²) in [5.41, 5.74) is 0. The van der Waals surface area contributed by atoms with Gasteiger partial charge in [0.15, 0.2) is 6.34 Å². The molecule has 0 saturated carbocycles. The summed E-state index contributed by atoms with van der Waals surface area (Å²) in [4.78, 5) is 8.40. The standard InChI is InChI=1S/C10H19N4O3.ClH/c1-14(4-6-17-7-5-14)13-8-11-9(15-2)12-10(13)16-3;/h8,10H,4-7H2,1-3H3;1H/q+1;/p-1. The molecule has 0 aromatic carbocycles. The van der Waals surface area contributed by atoms with Crippen LogP contribution in [0.15, 0.2) is 9.98 Å². The Morgan fingerprint density at radius 2 is 2.06 bits per heavy atom. The Balaban J connectivity index is 0.00000162. The Bertz CT molecular complexity index is 331. The lowest BCUT2D eigenvalue weighted by Gasteiger charge is -2.45. The number of amidine groups is 1. The minimum absolute atomic E-state index is 0. The fraction of sp³-hybridized carbons (Fsp3) is 0.800. The summed E-state index contributed by atoms with van der Waals surface area (Å²) in [6, 6.07) is 0.341. The summed E-state index contributed by atoms with van der Waals surface area (Å²) < 4.78 is 16.4. The van der Waals surface area contributed by atoms with Gasteiger partial charge in [-0.25, -0.2) is 4.59 Å². The number of halogens is 1. The van der Waals surface area contributed by atoms with Crippen LogP contribution >= 0.6 is 0 Å². The molecule has 1 unspecified atom stereocenters. The van der Waals surface area contributed by atoms with E-state index in [0.717, 1.165) is 26.3 Å². The smallest absolute Gasteiger partial charge is 0.317 e. The lowest BCUT2D eigenvalue weighted by atomic mass is 10.4. The van der Waals surface area contributed by atoms with Gasteiger partial charge in [0.05, 0.1) is 27.4 Å². The predicted molar refractivity (Wildman–Crippen MR) is 62.3 cm³/mol. The van der Waals surface area contributed by atoms with E-state index in [1.807, 2.05) is 5.01 Å². The van der Waals surface area contributed by atoms with Crippen LogP contribution in [0.5, 0.6) is 0 Å². The van der Waals surface area contributed by atoms with Crippen molar-refractivity contribution >= 4 is 12.4 Å². The Morgan fingerprint density at radius 3 is 2.61 bits per heavy atom. The number of hydrogen-bond donors (Lipinski definition) is 0. The second-order valence-electron chi connectivity index (χ2n) is 4.20. The van der Waals surface area contributed by atoms with Crippen molar-refractivity contribution in [3.63, 3.8) is 0 Å². The molecular formula is C10H19ClN4O3. The SMILES string of the molecule is COC1=NC(OC)N([N+]2(C)CCOCC2)C=N1.[Cl-]. The molecule has 0 bridgehead atoms.